The van der Waals surface area contributed by atoms with Crippen LogP contribution >= 0.6 is 15.9 Å². The van der Waals surface area contributed by atoms with Crippen LogP contribution in [0.15, 0.2) is 11.6 Å². The molecule has 0 amide bonds. The summed E-state index contributed by atoms with van der Waals surface area (Å²) < 4.78 is 0. The molecule has 0 bridgehead atoms. The van der Waals surface area contributed by atoms with Crippen LogP contribution in [0.1, 0.15) is 20.8 Å². The fourth-order valence-electron chi connectivity index (χ4n) is 0.810. The lowest BCUT2D eigenvalue weighted by Crippen LogP contribution is -2.25. The Kier molecular flexibility index (Phi) is 6.98. The average Bonchev–Trinajstić information content (AvgIpc) is 1.97. The van der Waals surface area contributed by atoms with Gasteiger partial charge in [0.15, 0.2) is 0 Å². The maximum absolute atomic E-state index is 3.44. The number of halogens is 1. The van der Waals surface area contributed by atoms with Gasteiger partial charge in [-0.25, -0.2) is 0 Å². The van der Waals surface area contributed by atoms with Gasteiger partial charge in [-0.05, 0) is 20.4 Å². The lowest BCUT2D eigenvalue weighted by atomic mass is 10.3. The summed E-state index contributed by atoms with van der Waals surface area (Å²) in [5.74, 6) is 0. The van der Waals surface area contributed by atoms with Crippen molar-refractivity contribution in [3.05, 3.63) is 11.6 Å². The molecule has 0 saturated carbocycles. The zero-order chi connectivity index (χ0) is 8.69. The Labute approximate surface area is 78.6 Å². The molecule has 2 heteroatoms. The summed E-state index contributed by atoms with van der Waals surface area (Å²) in [7, 11) is 0. The average molecular weight is 220 g/mol. The Balaban J connectivity index is 3.60. The minimum Gasteiger partial charge on any atom is -0.299 e. The summed E-state index contributed by atoms with van der Waals surface area (Å²) >= 11 is 3.44. The third-order valence-electron chi connectivity index (χ3n) is 1.61. The summed E-state index contributed by atoms with van der Waals surface area (Å²) in [6.07, 6.45) is 2.27. The van der Waals surface area contributed by atoms with Gasteiger partial charge in [0.1, 0.15) is 0 Å². The summed E-state index contributed by atoms with van der Waals surface area (Å²) in [6.45, 7) is 9.84. The van der Waals surface area contributed by atoms with Gasteiger partial charge >= 0.3 is 0 Å². The number of allylic oxidation sites excluding steroid dienone is 1. The zero-order valence-electron chi connectivity index (χ0n) is 7.73. The molecule has 0 spiro atoms. The first-order chi connectivity index (χ1) is 5.20. The summed E-state index contributed by atoms with van der Waals surface area (Å²) in [5.41, 5.74) is 1.40. The Morgan fingerprint density at radius 3 is 2.45 bits per heavy atom. The molecule has 0 atom stereocenters. The molecule has 0 N–H and O–H groups in total. The second-order valence-corrected chi connectivity index (χ2v) is 3.66. The molecule has 0 saturated heterocycles. The van der Waals surface area contributed by atoms with E-state index in [-0.39, 0.29) is 0 Å². The van der Waals surface area contributed by atoms with Crippen LogP contribution in [-0.4, -0.2) is 29.9 Å². The number of hydrogen-bond acceptors (Lipinski definition) is 1. The van der Waals surface area contributed by atoms with Crippen molar-refractivity contribution < 1.29 is 0 Å². The van der Waals surface area contributed by atoms with Crippen molar-refractivity contribution in [1.29, 1.82) is 0 Å². The molecular formula is C9H18BrN. The first kappa shape index (κ1) is 11.2. The number of nitrogens with zero attached hydrogens (tertiary/aromatic N) is 1. The van der Waals surface area contributed by atoms with Gasteiger partial charge in [-0.3, -0.25) is 4.90 Å². The van der Waals surface area contributed by atoms with Gasteiger partial charge in [0.2, 0.25) is 0 Å². The number of rotatable bonds is 5. The number of hydrogen-bond donors (Lipinski definition) is 0. The first-order valence-corrected chi connectivity index (χ1v) is 5.24. The van der Waals surface area contributed by atoms with E-state index >= 15 is 0 Å². The monoisotopic (exact) mass is 219 g/mol. The number of likely N-dealkylation sites (N-methyl/N-ethyl adjacent to an activating group) is 1. The molecule has 0 aromatic carbocycles. The largest absolute Gasteiger partial charge is 0.299 e. The molecule has 66 valence electrons. The van der Waals surface area contributed by atoms with Gasteiger partial charge in [0.25, 0.3) is 0 Å². The highest BCUT2D eigenvalue weighted by Crippen LogP contribution is 1.94. The van der Waals surface area contributed by atoms with E-state index in [9.17, 15) is 0 Å². The molecule has 1 nitrogen and oxygen atoms in total. The van der Waals surface area contributed by atoms with Gasteiger partial charge in [0.05, 0.1) is 0 Å². The molecule has 0 radical (unpaired) electrons. The maximum Gasteiger partial charge on any atom is 0.0165 e. The molecule has 0 aliphatic rings. The second-order valence-electron chi connectivity index (χ2n) is 2.86. The summed E-state index contributed by atoms with van der Waals surface area (Å²) in [4.78, 5) is 2.40. The quantitative estimate of drug-likeness (QED) is 0.508. The van der Waals surface area contributed by atoms with E-state index < -0.39 is 0 Å². The van der Waals surface area contributed by atoms with Crippen LogP contribution in [0.4, 0.5) is 0 Å². The summed E-state index contributed by atoms with van der Waals surface area (Å²) in [5, 5.41) is 1.07. The molecule has 11 heavy (non-hydrogen) atoms. The molecule has 0 rings (SSSR count). The molecule has 0 aromatic rings. The van der Waals surface area contributed by atoms with Crippen LogP contribution in [0, 0.1) is 0 Å². The minimum atomic E-state index is 1.07. The Morgan fingerprint density at radius 1 is 1.45 bits per heavy atom. The Bertz CT molecular complexity index is 117. The van der Waals surface area contributed by atoms with E-state index in [2.05, 4.69) is 47.7 Å². The van der Waals surface area contributed by atoms with Crippen molar-refractivity contribution in [3.8, 4) is 0 Å². The molecular weight excluding hydrogens is 202 g/mol. The van der Waals surface area contributed by atoms with Crippen molar-refractivity contribution in [3.63, 3.8) is 0 Å². The smallest absolute Gasteiger partial charge is 0.0165 e. The Hall–Kier alpha value is 0.180. The Morgan fingerprint density at radius 2 is 2.09 bits per heavy atom. The van der Waals surface area contributed by atoms with Crippen molar-refractivity contribution >= 4 is 15.9 Å². The van der Waals surface area contributed by atoms with Crippen LogP contribution in [-0.2, 0) is 0 Å². The van der Waals surface area contributed by atoms with E-state index in [0.29, 0.717) is 0 Å². The SMILES string of the molecule is CCN(CC=C(C)C)CCBr. The molecule has 0 heterocycles. The van der Waals surface area contributed by atoms with Gasteiger partial charge < -0.3 is 0 Å². The van der Waals surface area contributed by atoms with Crippen molar-refractivity contribution in [2.75, 3.05) is 25.0 Å². The normalized spacial score (nSPS) is 10.3. The van der Waals surface area contributed by atoms with Crippen molar-refractivity contribution in [1.82, 2.24) is 4.90 Å². The van der Waals surface area contributed by atoms with Gasteiger partial charge in [-0.15, -0.1) is 0 Å². The van der Waals surface area contributed by atoms with Crippen LogP contribution in [0.3, 0.4) is 0 Å². The van der Waals surface area contributed by atoms with Crippen molar-refractivity contribution in [2.45, 2.75) is 20.8 Å². The highest BCUT2D eigenvalue weighted by molar-refractivity contribution is 9.09. The van der Waals surface area contributed by atoms with Crippen LogP contribution < -0.4 is 0 Å². The molecule has 0 fully saturated rings. The number of alkyl halides is 1. The topological polar surface area (TPSA) is 3.24 Å². The summed E-state index contributed by atoms with van der Waals surface area (Å²) in [6, 6.07) is 0. The zero-order valence-corrected chi connectivity index (χ0v) is 9.32. The lowest BCUT2D eigenvalue weighted by molar-refractivity contribution is 0.340. The van der Waals surface area contributed by atoms with E-state index in [4.69, 9.17) is 0 Å². The minimum absolute atomic E-state index is 1.07. The molecule has 0 unspecified atom stereocenters. The van der Waals surface area contributed by atoms with Gasteiger partial charge in [-0.2, -0.15) is 0 Å². The highest BCUT2D eigenvalue weighted by atomic mass is 79.9. The second kappa shape index (κ2) is 6.86. The van der Waals surface area contributed by atoms with E-state index in [1.54, 1.807) is 0 Å². The predicted octanol–water partition coefficient (Wildman–Crippen LogP) is 2.67. The van der Waals surface area contributed by atoms with E-state index in [0.717, 1.165) is 25.0 Å². The lowest BCUT2D eigenvalue weighted by Gasteiger charge is -2.16. The molecule has 0 aromatic heterocycles. The fourth-order valence-corrected chi connectivity index (χ4v) is 1.31. The highest BCUT2D eigenvalue weighted by Gasteiger charge is 1.96. The van der Waals surface area contributed by atoms with Crippen molar-refractivity contribution in [2.24, 2.45) is 0 Å². The van der Waals surface area contributed by atoms with E-state index in [1.807, 2.05) is 0 Å². The fraction of sp³-hybridized carbons (Fsp3) is 0.778. The van der Waals surface area contributed by atoms with Crippen LogP contribution in [0.5, 0.6) is 0 Å². The van der Waals surface area contributed by atoms with Gasteiger partial charge in [0, 0.05) is 18.4 Å². The van der Waals surface area contributed by atoms with Crippen LogP contribution in [0.2, 0.25) is 0 Å². The predicted molar refractivity (Wildman–Crippen MR) is 55.3 cm³/mol. The third-order valence-corrected chi connectivity index (χ3v) is 1.96. The molecule has 0 aliphatic heterocycles. The van der Waals surface area contributed by atoms with Crippen LogP contribution in [0.25, 0.3) is 0 Å². The molecule has 0 aliphatic carbocycles. The standard InChI is InChI=1S/C9H18BrN/c1-4-11(8-6-10)7-5-9(2)3/h5H,4,6-8H2,1-3H3. The third kappa shape index (κ3) is 6.57. The van der Waals surface area contributed by atoms with E-state index in [1.165, 1.54) is 5.57 Å². The maximum atomic E-state index is 3.44. The first-order valence-electron chi connectivity index (χ1n) is 4.12. The van der Waals surface area contributed by atoms with Gasteiger partial charge in [-0.1, -0.05) is 34.5 Å².